The van der Waals surface area contributed by atoms with E-state index in [1.165, 1.54) is 51.7 Å². The average Bonchev–Trinajstić information content (AvgIpc) is 3.66. The van der Waals surface area contributed by atoms with E-state index >= 15 is 0 Å². The van der Waals surface area contributed by atoms with Gasteiger partial charge in [-0.3, -0.25) is 14.2 Å². The largest absolute Gasteiger partial charge is 0.379 e. The van der Waals surface area contributed by atoms with Crippen molar-refractivity contribution < 1.29 is 22.7 Å². The third-order valence-electron chi connectivity index (χ3n) is 6.45. The van der Waals surface area contributed by atoms with E-state index in [1.54, 1.807) is 11.6 Å². The summed E-state index contributed by atoms with van der Waals surface area (Å²) in [6.07, 6.45) is 1.62. The third-order valence-corrected chi connectivity index (χ3v) is 9.98. The number of sulfonamides is 1. The van der Waals surface area contributed by atoms with Gasteiger partial charge in [0.25, 0.3) is 5.91 Å². The number of carbonyl (C=O) groups is 2. The third kappa shape index (κ3) is 6.87. The predicted octanol–water partition coefficient (Wildman–Crippen LogP) is 3.02. The van der Waals surface area contributed by atoms with Gasteiger partial charge < -0.3 is 15.4 Å². The van der Waals surface area contributed by atoms with E-state index in [-0.39, 0.29) is 23.1 Å². The molecule has 0 unspecified atom stereocenters. The summed E-state index contributed by atoms with van der Waals surface area (Å²) in [6, 6.07) is 11.8. The van der Waals surface area contributed by atoms with Gasteiger partial charge in [0.05, 0.1) is 36.1 Å². The minimum absolute atomic E-state index is 0.0545. The number of benzene rings is 2. The maximum Gasteiger partial charge on any atom is 0.251 e. The first-order valence-electron chi connectivity index (χ1n) is 13.0. The van der Waals surface area contributed by atoms with E-state index in [2.05, 4.69) is 25.8 Å². The minimum Gasteiger partial charge on any atom is -0.379 e. The number of thioether (sulfide) groups is 1. The van der Waals surface area contributed by atoms with Gasteiger partial charge in [0.1, 0.15) is 0 Å². The van der Waals surface area contributed by atoms with Gasteiger partial charge in [0.15, 0.2) is 16.1 Å². The molecule has 0 spiro atoms. The molecule has 3 heterocycles. The smallest absolute Gasteiger partial charge is 0.251 e. The summed E-state index contributed by atoms with van der Waals surface area (Å²) < 4.78 is 34.3. The van der Waals surface area contributed by atoms with Gasteiger partial charge in [-0.15, -0.1) is 21.5 Å². The highest BCUT2D eigenvalue weighted by atomic mass is 32.2. The normalized spacial score (nSPS) is 14.0. The fourth-order valence-electron chi connectivity index (χ4n) is 4.26. The molecule has 0 radical (unpaired) electrons. The summed E-state index contributed by atoms with van der Waals surface area (Å²) >= 11 is 2.56. The molecule has 1 fully saturated rings. The van der Waals surface area contributed by atoms with Crippen LogP contribution < -0.4 is 10.6 Å². The molecule has 4 aromatic rings. The van der Waals surface area contributed by atoms with Crippen molar-refractivity contribution in [2.24, 2.45) is 0 Å². The zero-order valence-corrected chi connectivity index (χ0v) is 25.4. The van der Waals surface area contributed by atoms with Gasteiger partial charge >= 0.3 is 0 Å². The molecule has 0 atom stereocenters. The Morgan fingerprint density at radius 2 is 1.83 bits per heavy atom. The number of thiazole rings is 1. The van der Waals surface area contributed by atoms with Crippen LogP contribution in [0.1, 0.15) is 27.3 Å². The number of hydrogen-bond donors (Lipinski definition) is 2. The maximum absolute atomic E-state index is 13.0. The number of anilines is 1. The zero-order valence-electron chi connectivity index (χ0n) is 22.9. The van der Waals surface area contributed by atoms with Crippen molar-refractivity contribution in [3.05, 3.63) is 76.6 Å². The molecule has 0 bridgehead atoms. The van der Waals surface area contributed by atoms with Crippen LogP contribution in [0.15, 0.2) is 64.1 Å². The standard InChI is InChI=1S/C27H29N7O5S3/c1-18-3-4-19(2)22(15-18)34-23(31-32-27(34)41-17-24(35)30-26-28-9-14-40-26)16-29-25(36)20-5-7-21(8-6-20)42(37,38)33-10-12-39-13-11-33/h3-9,14-15H,10-13,16-17H2,1-2H3,(H,29,36)(H,28,30,35). The van der Waals surface area contributed by atoms with Gasteiger partial charge in [-0.05, 0) is 55.3 Å². The van der Waals surface area contributed by atoms with Gasteiger partial charge in [0.2, 0.25) is 15.9 Å². The molecule has 2 amide bonds. The second kappa shape index (κ2) is 13.1. The molecule has 15 heteroatoms. The van der Waals surface area contributed by atoms with Crippen molar-refractivity contribution in [3.63, 3.8) is 0 Å². The van der Waals surface area contributed by atoms with E-state index in [4.69, 9.17) is 4.74 Å². The summed E-state index contributed by atoms with van der Waals surface area (Å²) in [5.74, 6) is -0.0436. The molecule has 1 saturated heterocycles. The Hall–Kier alpha value is -3.63. The average molecular weight is 628 g/mol. The molecule has 0 saturated carbocycles. The molecule has 0 aliphatic carbocycles. The van der Waals surface area contributed by atoms with Crippen molar-refractivity contribution in [2.45, 2.75) is 30.4 Å². The van der Waals surface area contributed by atoms with Crippen LogP contribution in [0, 0.1) is 13.8 Å². The van der Waals surface area contributed by atoms with Crippen molar-refractivity contribution in [1.82, 2.24) is 29.4 Å². The lowest BCUT2D eigenvalue weighted by molar-refractivity contribution is -0.113. The van der Waals surface area contributed by atoms with Gasteiger partial charge in [-0.25, -0.2) is 13.4 Å². The molecular formula is C27H29N7O5S3. The second-order valence-corrected chi connectivity index (χ2v) is 13.2. The van der Waals surface area contributed by atoms with Crippen LogP contribution in [-0.2, 0) is 26.1 Å². The van der Waals surface area contributed by atoms with Crippen LogP contribution >= 0.6 is 23.1 Å². The fraction of sp³-hybridized carbons (Fsp3) is 0.296. The highest BCUT2D eigenvalue weighted by Crippen LogP contribution is 2.26. The van der Waals surface area contributed by atoms with Gasteiger partial charge in [0, 0.05) is 30.2 Å². The van der Waals surface area contributed by atoms with Gasteiger partial charge in [-0.1, -0.05) is 23.9 Å². The van der Waals surface area contributed by atoms with Gasteiger partial charge in [-0.2, -0.15) is 4.31 Å². The number of ether oxygens (including phenoxy) is 1. The first-order chi connectivity index (χ1) is 20.2. The summed E-state index contributed by atoms with van der Waals surface area (Å²) in [6.45, 7) is 5.29. The highest BCUT2D eigenvalue weighted by Gasteiger charge is 2.26. The Bertz CT molecular complexity index is 1670. The first kappa shape index (κ1) is 29.8. The highest BCUT2D eigenvalue weighted by molar-refractivity contribution is 7.99. The number of nitrogens with one attached hydrogen (secondary N) is 2. The Morgan fingerprint density at radius 3 is 2.55 bits per heavy atom. The van der Waals surface area contributed by atoms with Crippen molar-refractivity contribution in [3.8, 4) is 5.69 Å². The predicted molar refractivity (Wildman–Crippen MR) is 159 cm³/mol. The Kier molecular flexibility index (Phi) is 9.33. The topological polar surface area (TPSA) is 148 Å². The molecular weight excluding hydrogens is 599 g/mol. The fourth-order valence-corrected chi connectivity index (χ4v) is 6.97. The SMILES string of the molecule is Cc1ccc(C)c(-n2c(CNC(=O)c3ccc(S(=O)(=O)N4CCOCC4)cc3)nnc2SCC(=O)Nc2nccs2)c1. The lowest BCUT2D eigenvalue weighted by Gasteiger charge is -2.26. The number of amides is 2. The Labute approximate surface area is 251 Å². The summed E-state index contributed by atoms with van der Waals surface area (Å²) in [7, 11) is -3.66. The number of carbonyl (C=O) groups excluding carboxylic acids is 2. The van der Waals surface area contributed by atoms with Crippen molar-refractivity contribution in [2.75, 3.05) is 37.4 Å². The minimum atomic E-state index is -3.66. The molecule has 2 aromatic heterocycles. The van der Waals surface area contributed by atoms with E-state index in [0.717, 1.165) is 16.8 Å². The van der Waals surface area contributed by atoms with Crippen LogP contribution in [0.4, 0.5) is 5.13 Å². The summed E-state index contributed by atoms with van der Waals surface area (Å²) in [5.41, 5.74) is 3.15. The second-order valence-electron chi connectivity index (χ2n) is 9.42. The number of aromatic nitrogens is 4. The lowest BCUT2D eigenvalue weighted by Crippen LogP contribution is -2.40. The van der Waals surface area contributed by atoms with Crippen molar-refractivity contribution in [1.29, 1.82) is 0 Å². The number of hydrogen-bond acceptors (Lipinski definition) is 10. The molecule has 1 aliphatic rings. The van der Waals surface area contributed by atoms with Crippen LogP contribution in [-0.4, -0.2) is 76.3 Å². The molecule has 2 aromatic carbocycles. The zero-order chi connectivity index (χ0) is 29.7. The van der Waals surface area contributed by atoms with Crippen LogP contribution in [0.3, 0.4) is 0 Å². The number of nitrogens with zero attached hydrogens (tertiary/aromatic N) is 5. The number of rotatable bonds is 10. The van der Waals surface area contributed by atoms with Crippen LogP contribution in [0.25, 0.3) is 5.69 Å². The van der Waals surface area contributed by atoms with E-state index in [0.29, 0.717) is 48.0 Å². The molecule has 2 N–H and O–H groups in total. The quantitative estimate of drug-likeness (QED) is 0.253. The van der Waals surface area contributed by atoms with Crippen LogP contribution in [0.2, 0.25) is 0 Å². The first-order valence-corrected chi connectivity index (χ1v) is 16.3. The van der Waals surface area contributed by atoms with E-state index in [9.17, 15) is 18.0 Å². The van der Waals surface area contributed by atoms with Crippen LogP contribution in [0.5, 0.6) is 0 Å². The molecule has 12 nitrogen and oxygen atoms in total. The molecule has 5 rings (SSSR count). The molecule has 220 valence electrons. The monoisotopic (exact) mass is 627 g/mol. The number of aryl methyl sites for hydroxylation is 2. The summed E-state index contributed by atoms with van der Waals surface area (Å²) in [5, 5.41) is 17.0. The van der Waals surface area contributed by atoms with E-state index in [1.807, 2.05) is 36.6 Å². The Balaban J connectivity index is 1.31. The number of morpholine rings is 1. The molecule has 42 heavy (non-hydrogen) atoms. The van der Waals surface area contributed by atoms with E-state index < -0.39 is 15.9 Å². The summed E-state index contributed by atoms with van der Waals surface area (Å²) in [4.78, 5) is 29.7. The lowest BCUT2D eigenvalue weighted by atomic mass is 10.1. The Morgan fingerprint density at radius 1 is 1.07 bits per heavy atom. The van der Waals surface area contributed by atoms with Crippen molar-refractivity contribution >= 4 is 50.1 Å². The maximum atomic E-state index is 13.0. The molecule has 1 aliphatic heterocycles.